The molecule has 0 fully saturated rings. The van der Waals surface area contributed by atoms with Crippen LogP contribution in [-0.2, 0) is 18.4 Å². The van der Waals surface area contributed by atoms with Gasteiger partial charge in [-0.2, -0.15) is 0 Å². The minimum atomic E-state index is 0.550. The summed E-state index contributed by atoms with van der Waals surface area (Å²) in [5.41, 5.74) is 11.5. The number of aromatic nitrogens is 4. The Bertz CT molecular complexity index is 1020. The summed E-state index contributed by atoms with van der Waals surface area (Å²) in [6, 6.07) is 0. The van der Waals surface area contributed by atoms with Crippen LogP contribution in [0.5, 0.6) is 0 Å². The molecule has 2 aromatic heterocycles. The van der Waals surface area contributed by atoms with E-state index in [4.69, 9.17) is 4.84 Å². The van der Waals surface area contributed by atoms with Crippen molar-refractivity contribution in [2.24, 2.45) is 7.05 Å². The highest BCUT2D eigenvalue weighted by Gasteiger charge is 2.14. The fraction of sp³-hybridized carbons (Fsp3) is 0.519. The van der Waals surface area contributed by atoms with E-state index in [1.54, 1.807) is 0 Å². The van der Waals surface area contributed by atoms with Gasteiger partial charge in [-0.3, -0.25) is 4.57 Å². The Balaban J connectivity index is 1.85. The van der Waals surface area contributed by atoms with Crippen LogP contribution in [-0.4, -0.2) is 21.6 Å². The van der Waals surface area contributed by atoms with Crippen LogP contribution in [0.2, 0.25) is 0 Å². The quantitative estimate of drug-likeness (QED) is 0.188. The van der Waals surface area contributed by atoms with Gasteiger partial charge in [-0.1, -0.05) is 46.6 Å². The van der Waals surface area contributed by atoms with Crippen LogP contribution in [0, 0.1) is 0 Å². The van der Waals surface area contributed by atoms with Gasteiger partial charge in [0.25, 0.3) is 0 Å². The molecule has 2 rings (SSSR count). The van der Waals surface area contributed by atoms with Crippen molar-refractivity contribution in [1.29, 1.82) is 0 Å². The summed E-state index contributed by atoms with van der Waals surface area (Å²) in [5, 5.41) is 0. The predicted molar refractivity (Wildman–Crippen MR) is 137 cm³/mol. The van der Waals surface area contributed by atoms with Gasteiger partial charge in [0.2, 0.25) is 0 Å². The summed E-state index contributed by atoms with van der Waals surface area (Å²) in [4.78, 5) is 13.6. The molecule has 0 aliphatic rings. The molecule has 0 bridgehead atoms. The van der Waals surface area contributed by atoms with Gasteiger partial charge in [-0.15, -0.1) is 4.98 Å². The molecule has 0 N–H and O–H groups in total. The molecule has 6 nitrogen and oxygen atoms in total. The van der Waals surface area contributed by atoms with E-state index in [2.05, 4.69) is 78.9 Å². The number of nitrogens with zero attached hydrogens (tertiary/aromatic N) is 5. The minimum absolute atomic E-state index is 0.550. The molecule has 0 aliphatic carbocycles. The van der Waals surface area contributed by atoms with E-state index in [9.17, 15) is 0 Å². The van der Waals surface area contributed by atoms with E-state index < -0.39 is 0 Å². The van der Waals surface area contributed by atoms with Gasteiger partial charge in [0.1, 0.15) is 0 Å². The summed E-state index contributed by atoms with van der Waals surface area (Å²) in [5.74, 6) is 0.550. The van der Waals surface area contributed by atoms with Crippen LogP contribution in [0.3, 0.4) is 0 Å². The molecule has 0 aliphatic heterocycles. The Morgan fingerprint density at radius 2 is 1.48 bits per heavy atom. The molecule has 6 heteroatoms. The van der Waals surface area contributed by atoms with E-state index in [0.29, 0.717) is 5.82 Å². The molecule has 0 spiro atoms. The largest absolute Gasteiger partial charge is 0.407 e. The molecule has 2 heterocycles. The summed E-state index contributed by atoms with van der Waals surface area (Å²) in [6.07, 6.45) is 19.6. The highest BCUT2D eigenvalue weighted by atomic mass is 16.6. The van der Waals surface area contributed by atoms with Crippen molar-refractivity contribution in [1.82, 2.24) is 14.5 Å². The predicted octanol–water partition coefficient (Wildman–Crippen LogP) is 6.97. The number of fused-ring (bicyclic) bond motifs is 1. The molecular formula is C27H41N5O. The average molecular weight is 452 g/mol. The van der Waals surface area contributed by atoms with Crippen molar-refractivity contribution in [2.75, 3.05) is 7.11 Å². The minimum Gasteiger partial charge on any atom is -0.407 e. The molecule has 33 heavy (non-hydrogen) atoms. The fourth-order valence-electron chi connectivity index (χ4n) is 3.73. The molecule has 2 aromatic rings. The molecule has 0 amide bonds. The summed E-state index contributed by atoms with van der Waals surface area (Å²) >= 11 is 0. The molecule has 180 valence electrons. The Labute approximate surface area is 199 Å². The number of aryl methyl sites for hydroxylation is 1. The zero-order valence-corrected chi connectivity index (χ0v) is 21.6. The monoisotopic (exact) mass is 451 g/mol. The van der Waals surface area contributed by atoms with E-state index in [-0.39, 0.29) is 0 Å². The Kier molecular flexibility index (Phi) is 11.0. The zero-order valence-electron chi connectivity index (χ0n) is 21.6. The van der Waals surface area contributed by atoms with Crippen molar-refractivity contribution in [3.8, 4) is 0 Å². The molecular weight excluding hydrogens is 410 g/mol. The maximum Gasteiger partial charge on any atom is 0.300 e. The molecule has 0 radical (unpaired) electrons. The van der Waals surface area contributed by atoms with Crippen molar-refractivity contribution in [3.63, 3.8) is 0 Å². The van der Waals surface area contributed by atoms with Crippen LogP contribution in [0.15, 0.2) is 59.3 Å². The van der Waals surface area contributed by atoms with Gasteiger partial charge in [-0.25, -0.2) is 4.57 Å². The topological polar surface area (TPSA) is 57.9 Å². The van der Waals surface area contributed by atoms with E-state index in [1.165, 1.54) is 42.2 Å². The molecule has 0 saturated carbocycles. The van der Waals surface area contributed by atoms with Gasteiger partial charge in [0.05, 0.1) is 19.9 Å². The Hall–Kier alpha value is -2.73. The van der Waals surface area contributed by atoms with Crippen molar-refractivity contribution in [3.05, 3.63) is 64.7 Å². The van der Waals surface area contributed by atoms with Crippen LogP contribution in [0.25, 0.3) is 16.6 Å². The first-order valence-electron chi connectivity index (χ1n) is 11.9. The second-order valence-corrected chi connectivity index (χ2v) is 9.07. The van der Waals surface area contributed by atoms with Crippen LogP contribution >= 0.6 is 0 Å². The molecule has 0 atom stereocenters. The standard InChI is InChI=1S/C27H41N5O/c1-21(2)11-8-12-22(3)13-9-14-23(4)15-10-16-24(5)17-18-32-20-31(6)27-25(32)26(30-33-7)28-19-29-27/h11,13,15,17,19-20H,8-10,12,14,16,18H2,1-7H3/b22-13+,23-15+,24-17+. The number of allylic oxidation sites excluding steroid dienone is 8. The number of rotatable bonds is 13. The first-order valence-corrected chi connectivity index (χ1v) is 11.9. The maximum absolute atomic E-state index is 4.95. The number of hydrogen-bond donors (Lipinski definition) is 0. The summed E-state index contributed by atoms with van der Waals surface area (Å²) in [7, 11) is 3.51. The van der Waals surface area contributed by atoms with Gasteiger partial charge in [-0.05, 0) is 73.1 Å². The van der Waals surface area contributed by atoms with Crippen LogP contribution in [0.1, 0.15) is 73.1 Å². The highest BCUT2D eigenvalue weighted by molar-refractivity contribution is 5.81. The third-order valence-electron chi connectivity index (χ3n) is 5.69. The fourth-order valence-corrected chi connectivity index (χ4v) is 3.73. The lowest BCUT2D eigenvalue weighted by Gasteiger charge is -2.11. The second-order valence-electron chi connectivity index (χ2n) is 9.07. The van der Waals surface area contributed by atoms with E-state index in [0.717, 1.165) is 49.8 Å². The third kappa shape index (κ3) is 8.97. The van der Waals surface area contributed by atoms with E-state index in [1.807, 2.05) is 17.9 Å². The smallest absolute Gasteiger partial charge is 0.300 e. The average Bonchev–Trinajstić information content (AvgIpc) is 3.09. The number of imidazole rings is 1. The zero-order chi connectivity index (χ0) is 24.2. The highest BCUT2D eigenvalue weighted by Crippen LogP contribution is 2.24. The number of hydrogen-bond acceptors (Lipinski definition) is 3. The SMILES string of the molecule is CO[N-]c1ncnc2c1n(C/C=C(\C)CC/C=C(\C)CC/C=C(\C)CCC=C(C)C)c[n+]2C. The first-order chi connectivity index (χ1) is 15.8. The maximum atomic E-state index is 4.95. The molecule has 0 saturated heterocycles. The summed E-state index contributed by atoms with van der Waals surface area (Å²) in [6.45, 7) is 11.8. The van der Waals surface area contributed by atoms with Crippen LogP contribution < -0.4 is 4.57 Å². The first kappa shape index (κ1) is 26.5. The second kappa shape index (κ2) is 13.7. The van der Waals surface area contributed by atoms with Crippen molar-refractivity contribution in [2.45, 2.75) is 79.7 Å². The Morgan fingerprint density at radius 1 is 0.909 bits per heavy atom. The van der Waals surface area contributed by atoms with Gasteiger partial charge < -0.3 is 15.3 Å². The molecule has 0 aromatic carbocycles. The van der Waals surface area contributed by atoms with Crippen LogP contribution in [0.4, 0.5) is 5.82 Å². The van der Waals surface area contributed by atoms with Gasteiger partial charge in [0.15, 0.2) is 11.8 Å². The summed E-state index contributed by atoms with van der Waals surface area (Å²) < 4.78 is 4.10. The van der Waals surface area contributed by atoms with E-state index >= 15 is 0 Å². The third-order valence-corrected chi connectivity index (χ3v) is 5.69. The molecule has 0 unspecified atom stereocenters. The van der Waals surface area contributed by atoms with Crippen molar-refractivity contribution >= 4 is 17.0 Å². The normalized spacial score (nSPS) is 13.0. The lowest BCUT2D eigenvalue weighted by Crippen LogP contribution is -2.26. The Morgan fingerprint density at radius 3 is 2.06 bits per heavy atom. The lowest BCUT2D eigenvalue weighted by molar-refractivity contribution is -0.647. The van der Waals surface area contributed by atoms with Crippen molar-refractivity contribution < 1.29 is 9.40 Å². The lowest BCUT2D eigenvalue weighted by atomic mass is 10.0. The van der Waals surface area contributed by atoms with Gasteiger partial charge in [0, 0.05) is 12.9 Å². The van der Waals surface area contributed by atoms with Gasteiger partial charge >= 0.3 is 5.65 Å².